The Balaban J connectivity index is 0. The fourth-order valence-corrected chi connectivity index (χ4v) is 0.596. The van der Waals surface area contributed by atoms with Gasteiger partial charge in [0.15, 0.2) is 0 Å². The van der Waals surface area contributed by atoms with E-state index in [2.05, 4.69) is 38.0 Å². The average Bonchev–Trinajstić information content (AvgIpc) is 1.85. The van der Waals surface area contributed by atoms with Gasteiger partial charge in [0.2, 0.25) is 0 Å². The summed E-state index contributed by atoms with van der Waals surface area (Å²) < 4.78 is 5.37. The first-order valence-corrected chi connectivity index (χ1v) is 4.00. The molecular weight excluding hydrogens is 176 g/mol. The predicted molar refractivity (Wildman–Crippen MR) is 55.2 cm³/mol. The molecule has 4 heteroatoms. The van der Waals surface area contributed by atoms with E-state index >= 15 is 0 Å². The summed E-state index contributed by atoms with van der Waals surface area (Å²) in [6, 6.07) is 0. The Labute approximate surface area is 82.1 Å². The van der Waals surface area contributed by atoms with Crippen molar-refractivity contribution in [3.8, 4) is 0 Å². The molecular formula is C8H21ClN2O. The number of hydrogen-bond donors (Lipinski definition) is 0. The Bertz CT molecular complexity index is 79.1. The van der Waals surface area contributed by atoms with E-state index in [1.54, 1.807) is 0 Å². The topological polar surface area (TPSA) is 15.7 Å². The number of rotatable bonds is 6. The lowest BCUT2D eigenvalue weighted by atomic mass is 10.6. The molecule has 3 nitrogen and oxygen atoms in total. The minimum atomic E-state index is 0. The molecule has 0 saturated heterocycles. The fourth-order valence-electron chi connectivity index (χ4n) is 0.596. The highest BCUT2D eigenvalue weighted by molar-refractivity contribution is 5.85. The summed E-state index contributed by atoms with van der Waals surface area (Å²) in [7, 11) is 8.20. The third-order valence-corrected chi connectivity index (χ3v) is 1.37. The van der Waals surface area contributed by atoms with Crippen LogP contribution in [0.4, 0.5) is 0 Å². The maximum absolute atomic E-state index is 5.37. The van der Waals surface area contributed by atoms with Crippen LogP contribution in [-0.4, -0.2) is 64.3 Å². The Hall–Kier alpha value is 0.170. The normalized spacial score (nSPS) is 10.5. The van der Waals surface area contributed by atoms with Crippen LogP contribution in [0.1, 0.15) is 0 Å². The molecule has 0 aliphatic carbocycles. The van der Waals surface area contributed by atoms with Gasteiger partial charge in [0.1, 0.15) is 0 Å². The smallest absolute Gasteiger partial charge is 0.0593 e. The molecule has 0 spiro atoms. The predicted octanol–water partition coefficient (Wildman–Crippen LogP) is 0.548. The van der Waals surface area contributed by atoms with Crippen molar-refractivity contribution in [3.05, 3.63) is 0 Å². The lowest BCUT2D eigenvalue weighted by Crippen LogP contribution is -2.22. The maximum Gasteiger partial charge on any atom is 0.0593 e. The Morgan fingerprint density at radius 3 is 1.42 bits per heavy atom. The molecule has 0 unspecified atom stereocenters. The van der Waals surface area contributed by atoms with Gasteiger partial charge in [-0.2, -0.15) is 0 Å². The number of ether oxygens (including phenoxy) is 1. The molecule has 0 radical (unpaired) electrons. The van der Waals surface area contributed by atoms with E-state index in [0.717, 1.165) is 26.3 Å². The van der Waals surface area contributed by atoms with Gasteiger partial charge in [-0.25, -0.2) is 0 Å². The van der Waals surface area contributed by atoms with Crippen LogP contribution in [0.25, 0.3) is 0 Å². The van der Waals surface area contributed by atoms with E-state index in [4.69, 9.17) is 4.74 Å². The van der Waals surface area contributed by atoms with Crippen molar-refractivity contribution in [2.75, 3.05) is 54.5 Å². The molecule has 0 bridgehead atoms. The molecule has 0 aromatic carbocycles. The number of likely N-dealkylation sites (N-methyl/N-ethyl adjacent to an activating group) is 2. The first-order valence-electron chi connectivity index (χ1n) is 4.00. The van der Waals surface area contributed by atoms with Crippen molar-refractivity contribution in [1.29, 1.82) is 0 Å². The Kier molecular flexibility index (Phi) is 11.3. The molecule has 0 aliphatic rings. The largest absolute Gasteiger partial charge is 0.379 e. The van der Waals surface area contributed by atoms with Crippen LogP contribution in [0.2, 0.25) is 0 Å². The molecule has 0 amide bonds. The van der Waals surface area contributed by atoms with Crippen molar-refractivity contribution in [1.82, 2.24) is 9.80 Å². The summed E-state index contributed by atoms with van der Waals surface area (Å²) in [5.74, 6) is 0. The lowest BCUT2D eigenvalue weighted by molar-refractivity contribution is 0.104. The van der Waals surface area contributed by atoms with Crippen molar-refractivity contribution in [2.24, 2.45) is 0 Å². The van der Waals surface area contributed by atoms with Crippen molar-refractivity contribution in [2.45, 2.75) is 0 Å². The molecule has 0 aromatic rings. The molecule has 0 saturated carbocycles. The highest BCUT2D eigenvalue weighted by Gasteiger charge is 1.91. The molecule has 0 N–H and O–H groups in total. The first kappa shape index (κ1) is 14.7. The van der Waals surface area contributed by atoms with Crippen LogP contribution < -0.4 is 0 Å². The van der Waals surface area contributed by atoms with Gasteiger partial charge in [0.05, 0.1) is 13.2 Å². The standard InChI is InChI=1S/C8H20N2O.ClH/c1-9(2)5-7-11-8-6-10(3)4;/h5-8H2,1-4H3;1H. The van der Waals surface area contributed by atoms with Gasteiger partial charge in [-0.15, -0.1) is 12.4 Å². The van der Waals surface area contributed by atoms with Gasteiger partial charge in [-0.05, 0) is 28.2 Å². The quantitative estimate of drug-likeness (QED) is 0.578. The summed E-state index contributed by atoms with van der Waals surface area (Å²) in [6.07, 6.45) is 0. The maximum atomic E-state index is 5.37. The van der Waals surface area contributed by atoms with Gasteiger partial charge >= 0.3 is 0 Å². The van der Waals surface area contributed by atoms with Crippen LogP contribution in [0.5, 0.6) is 0 Å². The second-order valence-corrected chi connectivity index (χ2v) is 3.22. The number of hydrogen-bond acceptors (Lipinski definition) is 3. The molecule has 0 fully saturated rings. The summed E-state index contributed by atoms with van der Waals surface area (Å²) in [6.45, 7) is 3.68. The lowest BCUT2D eigenvalue weighted by Gasteiger charge is -2.12. The highest BCUT2D eigenvalue weighted by Crippen LogP contribution is 1.80. The Morgan fingerprint density at radius 1 is 0.833 bits per heavy atom. The molecule has 76 valence electrons. The van der Waals surface area contributed by atoms with Gasteiger partial charge in [-0.3, -0.25) is 0 Å². The van der Waals surface area contributed by atoms with E-state index in [1.165, 1.54) is 0 Å². The van der Waals surface area contributed by atoms with Crippen molar-refractivity contribution in [3.63, 3.8) is 0 Å². The summed E-state index contributed by atoms with van der Waals surface area (Å²) in [5.41, 5.74) is 0. The van der Waals surface area contributed by atoms with Crippen molar-refractivity contribution < 1.29 is 4.74 Å². The van der Waals surface area contributed by atoms with Crippen molar-refractivity contribution >= 4 is 12.4 Å². The molecule has 0 atom stereocenters. The van der Waals surface area contributed by atoms with E-state index < -0.39 is 0 Å². The van der Waals surface area contributed by atoms with E-state index in [0.29, 0.717) is 0 Å². The van der Waals surface area contributed by atoms with Crippen LogP contribution in [-0.2, 0) is 4.74 Å². The molecule has 0 rings (SSSR count). The third kappa shape index (κ3) is 12.8. The zero-order valence-electron chi connectivity index (χ0n) is 8.54. The second kappa shape index (κ2) is 9.26. The van der Waals surface area contributed by atoms with Gasteiger partial charge in [0.25, 0.3) is 0 Å². The van der Waals surface area contributed by atoms with Crippen LogP contribution >= 0.6 is 12.4 Å². The zero-order chi connectivity index (χ0) is 8.69. The monoisotopic (exact) mass is 196 g/mol. The SMILES string of the molecule is CN(C)CCOCCN(C)C.Cl. The number of halogens is 1. The molecule has 0 aliphatic heterocycles. The molecule has 12 heavy (non-hydrogen) atoms. The highest BCUT2D eigenvalue weighted by atomic mass is 35.5. The summed E-state index contributed by atoms with van der Waals surface area (Å²) in [4.78, 5) is 4.24. The van der Waals surface area contributed by atoms with E-state index in [1.807, 2.05) is 0 Å². The zero-order valence-corrected chi connectivity index (χ0v) is 9.36. The van der Waals surface area contributed by atoms with Gasteiger partial charge < -0.3 is 14.5 Å². The van der Waals surface area contributed by atoms with Gasteiger partial charge in [-0.1, -0.05) is 0 Å². The number of nitrogens with zero attached hydrogens (tertiary/aromatic N) is 2. The Morgan fingerprint density at radius 2 is 1.17 bits per heavy atom. The second-order valence-electron chi connectivity index (χ2n) is 3.22. The molecule has 0 heterocycles. The third-order valence-electron chi connectivity index (χ3n) is 1.37. The first-order chi connectivity index (χ1) is 5.13. The minimum absolute atomic E-state index is 0. The van der Waals surface area contributed by atoms with Crippen LogP contribution in [0, 0.1) is 0 Å². The minimum Gasteiger partial charge on any atom is -0.379 e. The average molecular weight is 197 g/mol. The fraction of sp³-hybridized carbons (Fsp3) is 1.00. The van der Waals surface area contributed by atoms with Crippen LogP contribution in [0.3, 0.4) is 0 Å². The van der Waals surface area contributed by atoms with Crippen LogP contribution in [0.15, 0.2) is 0 Å². The summed E-state index contributed by atoms with van der Waals surface area (Å²) >= 11 is 0. The van der Waals surface area contributed by atoms with Gasteiger partial charge in [0, 0.05) is 13.1 Å². The van der Waals surface area contributed by atoms with E-state index in [-0.39, 0.29) is 12.4 Å². The summed E-state index contributed by atoms with van der Waals surface area (Å²) in [5, 5.41) is 0. The van der Waals surface area contributed by atoms with E-state index in [9.17, 15) is 0 Å². The molecule has 0 aromatic heterocycles.